The van der Waals surface area contributed by atoms with Crippen LogP contribution in [0.5, 0.6) is 0 Å². The number of rotatable bonds is 7. The van der Waals surface area contributed by atoms with E-state index < -0.39 is 5.41 Å². The number of aromatic nitrogens is 1. The Balaban J connectivity index is 1.15. The Labute approximate surface area is 355 Å². The number of fused-ring (bicyclic) bond motifs is 8. The lowest BCUT2D eigenvalue weighted by molar-refractivity contribution is 0.770. The molecule has 1 atom stereocenters. The molecule has 2 heteroatoms. The number of para-hydroxylation sites is 2. The molecule has 11 aromatic rings. The minimum absolute atomic E-state index is 0.595. The van der Waals surface area contributed by atoms with Gasteiger partial charge >= 0.3 is 0 Å². The molecular weight excluding hydrogens is 737 g/mol. The van der Waals surface area contributed by atoms with Crippen LogP contribution in [0.1, 0.15) is 22.3 Å². The summed E-state index contributed by atoms with van der Waals surface area (Å²) in [5, 5.41) is 4.95. The lowest BCUT2D eigenvalue weighted by Gasteiger charge is -2.36. The van der Waals surface area contributed by atoms with Crippen LogP contribution < -0.4 is 4.90 Å². The van der Waals surface area contributed by atoms with E-state index in [2.05, 4.69) is 252 Å². The second-order valence-corrected chi connectivity index (χ2v) is 16.0. The Morgan fingerprint density at radius 1 is 0.344 bits per heavy atom. The van der Waals surface area contributed by atoms with Gasteiger partial charge in [-0.1, -0.05) is 194 Å². The predicted octanol–water partition coefficient (Wildman–Crippen LogP) is 15.4. The van der Waals surface area contributed by atoms with Gasteiger partial charge in [0.25, 0.3) is 0 Å². The summed E-state index contributed by atoms with van der Waals surface area (Å²) in [6.45, 7) is 0. The Bertz CT molecular complexity index is 3410. The fraction of sp³-hybridized carbons (Fsp3) is 0.0169. The van der Waals surface area contributed by atoms with Crippen LogP contribution in [0.15, 0.2) is 243 Å². The predicted molar refractivity (Wildman–Crippen MR) is 256 cm³/mol. The summed E-state index contributed by atoms with van der Waals surface area (Å²) in [7, 11) is 0. The number of anilines is 3. The number of hydrogen-bond donors (Lipinski definition) is 0. The van der Waals surface area contributed by atoms with E-state index >= 15 is 0 Å². The molecule has 0 saturated carbocycles. The maximum Gasteiger partial charge on any atom is 0.0720 e. The third kappa shape index (κ3) is 5.36. The van der Waals surface area contributed by atoms with Gasteiger partial charge in [0.05, 0.1) is 16.4 Å². The summed E-state index contributed by atoms with van der Waals surface area (Å²) in [6, 6.07) is 89.1. The first-order chi connectivity index (χ1) is 30.3. The van der Waals surface area contributed by atoms with Gasteiger partial charge in [0.15, 0.2) is 0 Å². The highest BCUT2D eigenvalue weighted by Gasteiger charge is 2.47. The highest BCUT2D eigenvalue weighted by atomic mass is 15.1. The zero-order chi connectivity index (χ0) is 40.3. The molecule has 1 heterocycles. The Kier molecular flexibility index (Phi) is 8.11. The van der Waals surface area contributed by atoms with Gasteiger partial charge in [-0.15, -0.1) is 0 Å². The number of benzene rings is 10. The molecule has 0 amide bonds. The molecule has 1 aromatic heterocycles. The molecule has 61 heavy (non-hydrogen) atoms. The second-order valence-electron chi connectivity index (χ2n) is 16.0. The van der Waals surface area contributed by atoms with Crippen LogP contribution in [-0.2, 0) is 5.41 Å². The smallest absolute Gasteiger partial charge is 0.0720 e. The molecule has 1 unspecified atom stereocenters. The maximum absolute atomic E-state index is 2.47. The maximum atomic E-state index is 2.47. The van der Waals surface area contributed by atoms with Crippen LogP contribution >= 0.6 is 0 Å². The van der Waals surface area contributed by atoms with Crippen molar-refractivity contribution >= 4 is 49.6 Å². The first-order valence-corrected chi connectivity index (χ1v) is 21.1. The SMILES string of the molecule is c1ccc(-c2ccccc2C2(c3ccccc3)c3ccccc3-c3ccc(N(c4ccccc4)c4ccc5c6ccc7ccccc7c6n(-c6ccccc6)c5c4)cc32)cc1. The molecule has 12 rings (SSSR count). The summed E-state index contributed by atoms with van der Waals surface area (Å²) >= 11 is 0. The highest BCUT2D eigenvalue weighted by Crippen LogP contribution is 2.59. The van der Waals surface area contributed by atoms with E-state index in [0.29, 0.717) is 0 Å². The summed E-state index contributed by atoms with van der Waals surface area (Å²) in [6.07, 6.45) is 0. The van der Waals surface area contributed by atoms with Crippen LogP contribution in [0, 0.1) is 0 Å². The van der Waals surface area contributed by atoms with E-state index in [1.807, 2.05) is 0 Å². The zero-order valence-corrected chi connectivity index (χ0v) is 33.5. The highest BCUT2D eigenvalue weighted by molar-refractivity contribution is 6.19. The molecule has 0 N–H and O–H groups in total. The Hall–Kier alpha value is -7.94. The van der Waals surface area contributed by atoms with Gasteiger partial charge in [0.1, 0.15) is 0 Å². The number of nitrogens with zero attached hydrogens (tertiary/aromatic N) is 2. The normalized spacial score (nSPS) is 14.3. The standard InChI is InChI=1S/C59H40N2/c1-5-19-41(20-6-1)48-28-15-17-31-54(48)59(43-22-7-2-8-23-43)55-32-18-16-30-50(55)51-37-34-46(39-56(51)59)60(44-24-9-3-10-25-44)47-35-38-52-53-36-33-42-21-13-14-29-49(42)58(53)61(57(52)40-47)45-26-11-4-12-27-45/h1-40H. The van der Waals surface area contributed by atoms with Crippen molar-refractivity contribution in [1.82, 2.24) is 4.57 Å². The molecule has 0 fully saturated rings. The van der Waals surface area contributed by atoms with Gasteiger partial charge in [0, 0.05) is 38.9 Å². The van der Waals surface area contributed by atoms with Crippen molar-refractivity contribution in [3.05, 3.63) is 265 Å². The second kappa shape index (κ2) is 14.1. The molecule has 286 valence electrons. The largest absolute Gasteiger partial charge is 0.310 e. The molecule has 10 aromatic carbocycles. The van der Waals surface area contributed by atoms with Gasteiger partial charge < -0.3 is 9.47 Å². The van der Waals surface area contributed by atoms with Crippen LogP contribution in [-0.4, -0.2) is 4.57 Å². The first kappa shape index (κ1) is 35.0. The van der Waals surface area contributed by atoms with E-state index in [4.69, 9.17) is 0 Å². The van der Waals surface area contributed by atoms with Crippen molar-refractivity contribution in [3.8, 4) is 27.9 Å². The van der Waals surface area contributed by atoms with Crippen molar-refractivity contribution in [2.45, 2.75) is 5.41 Å². The molecule has 0 spiro atoms. The average Bonchev–Trinajstić information content (AvgIpc) is 3.83. The summed E-state index contributed by atoms with van der Waals surface area (Å²) < 4.78 is 2.46. The molecule has 2 nitrogen and oxygen atoms in total. The summed E-state index contributed by atoms with van der Waals surface area (Å²) in [4.78, 5) is 2.44. The molecule has 0 aliphatic heterocycles. The van der Waals surface area contributed by atoms with Gasteiger partial charge in [-0.2, -0.15) is 0 Å². The third-order valence-electron chi connectivity index (χ3n) is 12.8. The van der Waals surface area contributed by atoms with E-state index in [9.17, 15) is 0 Å². The van der Waals surface area contributed by atoms with Gasteiger partial charge in [-0.25, -0.2) is 0 Å². The van der Waals surface area contributed by atoms with Crippen LogP contribution in [0.25, 0.3) is 60.5 Å². The van der Waals surface area contributed by atoms with Crippen molar-refractivity contribution in [2.24, 2.45) is 0 Å². The molecule has 1 aliphatic carbocycles. The minimum Gasteiger partial charge on any atom is -0.310 e. The Morgan fingerprint density at radius 3 is 1.67 bits per heavy atom. The molecule has 0 saturated heterocycles. The molecule has 1 aliphatic rings. The van der Waals surface area contributed by atoms with Gasteiger partial charge in [-0.3, -0.25) is 0 Å². The summed E-state index contributed by atoms with van der Waals surface area (Å²) in [5.41, 5.74) is 16.3. The lowest BCUT2D eigenvalue weighted by Crippen LogP contribution is -2.29. The number of hydrogen-bond acceptors (Lipinski definition) is 1. The molecular formula is C59H40N2. The first-order valence-electron chi connectivity index (χ1n) is 21.1. The Morgan fingerprint density at radius 2 is 0.902 bits per heavy atom. The average molecular weight is 777 g/mol. The monoisotopic (exact) mass is 776 g/mol. The molecule has 0 bridgehead atoms. The fourth-order valence-electron chi connectivity index (χ4n) is 10.3. The van der Waals surface area contributed by atoms with Crippen molar-refractivity contribution in [2.75, 3.05) is 4.90 Å². The zero-order valence-electron chi connectivity index (χ0n) is 33.5. The van der Waals surface area contributed by atoms with Crippen molar-refractivity contribution in [1.29, 1.82) is 0 Å². The lowest BCUT2D eigenvalue weighted by atomic mass is 9.66. The van der Waals surface area contributed by atoms with Gasteiger partial charge in [0.2, 0.25) is 0 Å². The fourth-order valence-corrected chi connectivity index (χ4v) is 10.3. The van der Waals surface area contributed by atoms with Crippen LogP contribution in [0.2, 0.25) is 0 Å². The van der Waals surface area contributed by atoms with E-state index in [1.165, 1.54) is 77.1 Å². The van der Waals surface area contributed by atoms with Crippen molar-refractivity contribution in [3.63, 3.8) is 0 Å². The van der Waals surface area contributed by atoms with Crippen LogP contribution in [0.4, 0.5) is 17.1 Å². The van der Waals surface area contributed by atoms with E-state index in [0.717, 1.165) is 22.7 Å². The third-order valence-corrected chi connectivity index (χ3v) is 12.8. The van der Waals surface area contributed by atoms with Crippen molar-refractivity contribution < 1.29 is 0 Å². The van der Waals surface area contributed by atoms with E-state index in [1.54, 1.807) is 0 Å². The summed E-state index contributed by atoms with van der Waals surface area (Å²) in [5.74, 6) is 0. The van der Waals surface area contributed by atoms with Crippen LogP contribution in [0.3, 0.4) is 0 Å². The van der Waals surface area contributed by atoms with E-state index in [-0.39, 0.29) is 0 Å². The minimum atomic E-state index is -0.595. The van der Waals surface area contributed by atoms with Gasteiger partial charge in [-0.05, 0) is 98.4 Å². The topological polar surface area (TPSA) is 8.17 Å². The quantitative estimate of drug-likeness (QED) is 0.156. The molecule has 0 radical (unpaired) electrons.